The van der Waals surface area contributed by atoms with E-state index in [9.17, 15) is 4.79 Å². The fourth-order valence-corrected chi connectivity index (χ4v) is 2.53. The molecule has 0 spiro atoms. The molecular weight excluding hydrogens is 300 g/mol. The van der Waals surface area contributed by atoms with E-state index >= 15 is 0 Å². The van der Waals surface area contributed by atoms with E-state index in [1.54, 1.807) is 0 Å². The lowest BCUT2D eigenvalue weighted by Gasteiger charge is -2.16. The van der Waals surface area contributed by atoms with Crippen LogP contribution < -0.4 is 15.4 Å². The molecule has 2 unspecified atom stereocenters. The van der Waals surface area contributed by atoms with Crippen LogP contribution in [-0.4, -0.2) is 31.6 Å². The van der Waals surface area contributed by atoms with E-state index in [4.69, 9.17) is 4.74 Å². The van der Waals surface area contributed by atoms with Gasteiger partial charge in [-0.25, -0.2) is 0 Å². The van der Waals surface area contributed by atoms with Crippen molar-refractivity contribution in [1.29, 1.82) is 0 Å². The summed E-state index contributed by atoms with van der Waals surface area (Å²) < 4.78 is 5.77. The Morgan fingerprint density at radius 2 is 2.14 bits per heavy atom. The lowest BCUT2D eigenvalue weighted by atomic mass is 10.0. The molecular formula is C17H27ClN2O2. The van der Waals surface area contributed by atoms with Crippen molar-refractivity contribution in [2.45, 2.75) is 39.2 Å². The number of carbonyl (C=O) groups is 1. The second kappa shape index (κ2) is 9.70. The van der Waals surface area contributed by atoms with Gasteiger partial charge in [-0.3, -0.25) is 4.79 Å². The van der Waals surface area contributed by atoms with E-state index in [0.29, 0.717) is 18.9 Å². The predicted molar refractivity (Wildman–Crippen MR) is 91.7 cm³/mol. The van der Waals surface area contributed by atoms with Gasteiger partial charge in [0.25, 0.3) is 0 Å². The van der Waals surface area contributed by atoms with Crippen LogP contribution in [0.15, 0.2) is 24.3 Å². The zero-order valence-corrected chi connectivity index (χ0v) is 14.2. The zero-order chi connectivity index (χ0) is 15.1. The van der Waals surface area contributed by atoms with Gasteiger partial charge >= 0.3 is 0 Å². The molecule has 1 amide bonds. The summed E-state index contributed by atoms with van der Waals surface area (Å²) in [4.78, 5) is 11.8. The maximum Gasteiger partial charge on any atom is 0.220 e. The SMILES string of the molecule is Cc1ccc(OC(C)CNC(=O)CCC2CCNC2)cc1.Cl. The number of aryl methyl sites for hydroxylation is 1. The third-order valence-corrected chi connectivity index (χ3v) is 3.89. The van der Waals surface area contributed by atoms with Crippen LogP contribution in [0.2, 0.25) is 0 Å². The van der Waals surface area contributed by atoms with Crippen molar-refractivity contribution >= 4 is 18.3 Å². The van der Waals surface area contributed by atoms with Crippen LogP contribution in [0.3, 0.4) is 0 Å². The third-order valence-electron chi connectivity index (χ3n) is 3.89. The summed E-state index contributed by atoms with van der Waals surface area (Å²) in [6.45, 7) is 6.72. The Morgan fingerprint density at radius 1 is 1.41 bits per heavy atom. The van der Waals surface area contributed by atoms with Gasteiger partial charge in [0, 0.05) is 6.42 Å². The summed E-state index contributed by atoms with van der Waals surface area (Å²) in [5.74, 6) is 1.64. The van der Waals surface area contributed by atoms with Crippen molar-refractivity contribution < 1.29 is 9.53 Å². The van der Waals surface area contributed by atoms with Crippen molar-refractivity contribution in [3.8, 4) is 5.75 Å². The van der Waals surface area contributed by atoms with Gasteiger partial charge in [-0.1, -0.05) is 17.7 Å². The van der Waals surface area contributed by atoms with Crippen LogP contribution in [0, 0.1) is 12.8 Å². The Hall–Kier alpha value is -1.26. The van der Waals surface area contributed by atoms with Crippen LogP contribution >= 0.6 is 12.4 Å². The zero-order valence-electron chi connectivity index (χ0n) is 13.4. The Bertz CT molecular complexity index is 444. The molecule has 1 saturated heterocycles. The van der Waals surface area contributed by atoms with Crippen LogP contribution in [0.1, 0.15) is 31.7 Å². The summed E-state index contributed by atoms with van der Waals surface area (Å²) in [7, 11) is 0. The van der Waals surface area contributed by atoms with E-state index in [-0.39, 0.29) is 24.4 Å². The number of nitrogens with one attached hydrogen (secondary N) is 2. The first kappa shape index (κ1) is 18.8. The molecule has 1 aliphatic heterocycles. The maximum absolute atomic E-state index is 11.8. The Labute approximate surface area is 139 Å². The second-order valence-electron chi connectivity index (χ2n) is 5.94. The van der Waals surface area contributed by atoms with E-state index in [1.165, 1.54) is 12.0 Å². The number of ether oxygens (including phenoxy) is 1. The number of hydrogen-bond acceptors (Lipinski definition) is 3. The molecule has 0 bridgehead atoms. The van der Waals surface area contributed by atoms with Gasteiger partial charge in [-0.2, -0.15) is 0 Å². The fourth-order valence-electron chi connectivity index (χ4n) is 2.53. The maximum atomic E-state index is 11.8. The highest BCUT2D eigenvalue weighted by molar-refractivity contribution is 5.85. The molecule has 0 aromatic heterocycles. The third kappa shape index (κ3) is 6.67. The molecule has 1 aromatic rings. The van der Waals surface area contributed by atoms with E-state index < -0.39 is 0 Å². The Balaban J connectivity index is 0.00000242. The average molecular weight is 327 g/mol. The number of carbonyl (C=O) groups excluding carboxylic acids is 1. The molecule has 2 N–H and O–H groups in total. The van der Waals surface area contributed by atoms with Crippen molar-refractivity contribution in [3.63, 3.8) is 0 Å². The molecule has 1 aliphatic rings. The lowest BCUT2D eigenvalue weighted by molar-refractivity contribution is -0.121. The molecule has 2 rings (SSSR count). The van der Waals surface area contributed by atoms with Gasteiger partial charge in [0.1, 0.15) is 11.9 Å². The number of rotatable bonds is 7. The highest BCUT2D eigenvalue weighted by Gasteiger charge is 2.15. The monoisotopic (exact) mass is 326 g/mol. The van der Waals surface area contributed by atoms with Gasteiger partial charge < -0.3 is 15.4 Å². The van der Waals surface area contributed by atoms with Crippen molar-refractivity contribution in [3.05, 3.63) is 29.8 Å². The van der Waals surface area contributed by atoms with Gasteiger partial charge in [-0.15, -0.1) is 12.4 Å². The van der Waals surface area contributed by atoms with E-state index in [0.717, 1.165) is 25.3 Å². The summed E-state index contributed by atoms with van der Waals surface area (Å²) in [5, 5.41) is 6.28. The van der Waals surface area contributed by atoms with E-state index in [1.807, 2.05) is 38.1 Å². The molecule has 2 atom stereocenters. The molecule has 4 nitrogen and oxygen atoms in total. The summed E-state index contributed by atoms with van der Waals surface area (Å²) in [6.07, 6.45) is 2.76. The van der Waals surface area contributed by atoms with E-state index in [2.05, 4.69) is 10.6 Å². The van der Waals surface area contributed by atoms with Crippen molar-refractivity contribution in [2.24, 2.45) is 5.92 Å². The minimum absolute atomic E-state index is 0. The number of hydrogen-bond donors (Lipinski definition) is 2. The molecule has 0 saturated carbocycles. The first-order valence-electron chi connectivity index (χ1n) is 7.84. The topological polar surface area (TPSA) is 50.4 Å². The predicted octanol–water partition coefficient (Wildman–Crippen LogP) is 2.69. The normalized spacial score (nSPS) is 18.4. The van der Waals surface area contributed by atoms with Crippen LogP contribution in [-0.2, 0) is 4.79 Å². The van der Waals surface area contributed by atoms with Crippen molar-refractivity contribution in [1.82, 2.24) is 10.6 Å². The molecule has 5 heteroatoms. The smallest absolute Gasteiger partial charge is 0.220 e. The van der Waals surface area contributed by atoms with Gasteiger partial charge in [-0.05, 0) is 57.8 Å². The second-order valence-corrected chi connectivity index (χ2v) is 5.94. The van der Waals surface area contributed by atoms with Gasteiger partial charge in [0.2, 0.25) is 5.91 Å². The molecule has 124 valence electrons. The minimum Gasteiger partial charge on any atom is -0.489 e. The fraction of sp³-hybridized carbons (Fsp3) is 0.588. The van der Waals surface area contributed by atoms with Crippen LogP contribution in [0.4, 0.5) is 0 Å². The largest absolute Gasteiger partial charge is 0.489 e. The minimum atomic E-state index is -0.0233. The van der Waals surface area contributed by atoms with Crippen LogP contribution in [0.5, 0.6) is 5.75 Å². The number of halogens is 1. The standard InChI is InChI=1S/C17H26N2O2.ClH/c1-13-3-6-16(7-4-13)21-14(2)11-19-17(20)8-5-15-9-10-18-12-15;/h3-4,6-7,14-15,18H,5,8-12H2,1-2H3,(H,19,20);1H. The number of amides is 1. The molecule has 0 aliphatic carbocycles. The summed E-state index contributed by atoms with van der Waals surface area (Å²) in [6, 6.07) is 7.97. The highest BCUT2D eigenvalue weighted by Crippen LogP contribution is 2.14. The molecule has 1 aromatic carbocycles. The molecule has 22 heavy (non-hydrogen) atoms. The first-order chi connectivity index (χ1) is 10.1. The number of benzene rings is 1. The Kier molecular flexibility index (Phi) is 8.28. The average Bonchev–Trinajstić information content (AvgIpc) is 2.99. The summed E-state index contributed by atoms with van der Waals surface area (Å²) >= 11 is 0. The summed E-state index contributed by atoms with van der Waals surface area (Å²) in [5.41, 5.74) is 1.21. The highest BCUT2D eigenvalue weighted by atomic mass is 35.5. The molecule has 1 heterocycles. The lowest BCUT2D eigenvalue weighted by Crippen LogP contribution is -2.33. The molecule has 1 fully saturated rings. The molecule has 0 radical (unpaired) electrons. The quantitative estimate of drug-likeness (QED) is 0.810. The van der Waals surface area contributed by atoms with Crippen LogP contribution in [0.25, 0.3) is 0 Å². The first-order valence-corrected chi connectivity index (χ1v) is 7.84. The van der Waals surface area contributed by atoms with Gasteiger partial charge in [0.05, 0.1) is 6.54 Å². The Morgan fingerprint density at radius 3 is 2.77 bits per heavy atom. The van der Waals surface area contributed by atoms with Gasteiger partial charge in [0.15, 0.2) is 0 Å². The van der Waals surface area contributed by atoms with Crippen molar-refractivity contribution in [2.75, 3.05) is 19.6 Å².